The van der Waals surface area contributed by atoms with Crippen LogP contribution in [0.2, 0.25) is 0 Å². The number of carbonyl (C=O) groups excluding carboxylic acids is 1. The summed E-state index contributed by atoms with van der Waals surface area (Å²) in [6, 6.07) is 8.80. The number of nitrogens with one attached hydrogen (secondary N) is 4. The number of sulfonamides is 1. The van der Waals surface area contributed by atoms with Gasteiger partial charge in [0.05, 0.1) is 17.5 Å². The summed E-state index contributed by atoms with van der Waals surface area (Å²) in [5, 5.41) is 18.4. The second-order valence-electron chi connectivity index (χ2n) is 8.97. The van der Waals surface area contributed by atoms with Gasteiger partial charge in [0, 0.05) is 31.4 Å². The molecule has 3 heterocycles. The molecule has 200 valence electrons. The number of hydrogen-bond acceptors (Lipinski definition) is 11. The average Bonchev–Trinajstić information content (AvgIpc) is 3.67. The topological polar surface area (TPSA) is 179 Å². The Hall–Kier alpha value is -3.98. The minimum absolute atomic E-state index is 0.113. The summed E-state index contributed by atoms with van der Waals surface area (Å²) in [5.41, 5.74) is 1.79. The first-order chi connectivity index (χ1) is 18.2. The normalized spacial score (nSPS) is 15.6. The number of hydrogen-bond donors (Lipinski definition) is 5. The zero-order chi connectivity index (χ0) is 26.9. The molecule has 1 saturated heterocycles. The Morgan fingerprint density at radius 1 is 1.21 bits per heavy atom. The third-order valence-electron chi connectivity index (χ3n) is 5.94. The minimum atomic E-state index is -3.32. The van der Waals surface area contributed by atoms with E-state index >= 15 is 0 Å². The zero-order valence-electron chi connectivity index (χ0n) is 20.4. The maximum absolute atomic E-state index is 12.2. The maximum atomic E-state index is 12.2. The lowest BCUT2D eigenvalue weighted by molar-refractivity contribution is -0.120. The molecule has 1 aromatic carbocycles. The summed E-state index contributed by atoms with van der Waals surface area (Å²) in [4.78, 5) is 38.6. The molecule has 1 aliphatic heterocycles. The van der Waals surface area contributed by atoms with Crippen molar-refractivity contribution in [1.29, 1.82) is 0 Å². The molecule has 2 fully saturated rings. The summed E-state index contributed by atoms with van der Waals surface area (Å²) in [6.07, 6.45) is 1.39. The number of anilines is 5. The third kappa shape index (κ3) is 6.11. The van der Waals surface area contributed by atoms with Crippen LogP contribution in [0.4, 0.5) is 28.4 Å². The standard InChI is InChI=1S/C23H26N8O5S2/c1-13-20(21(33)34)37-23(26-13)29-22-27-17(10-18(28-22)31-9-8-24-19(32)12-31)25-11-14-2-4-15(5-3-14)30-38(35,36)16-6-7-16/h2-5,10,16,30H,6-9,11-12H2,1H3,(H,24,32)(H,33,34)(H2,25,26,27,28,29). The molecule has 0 bridgehead atoms. The van der Waals surface area contributed by atoms with E-state index in [9.17, 15) is 23.1 Å². The molecule has 1 amide bonds. The van der Waals surface area contributed by atoms with Crippen molar-refractivity contribution in [2.45, 2.75) is 31.6 Å². The van der Waals surface area contributed by atoms with Crippen molar-refractivity contribution in [1.82, 2.24) is 20.3 Å². The Labute approximate surface area is 222 Å². The van der Waals surface area contributed by atoms with Crippen LogP contribution in [0, 0.1) is 6.92 Å². The van der Waals surface area contributed by atoms with Crippen LogP contribution in [0.3, 0.4) is 0 Å². The van der Waals surface area contributed by atoms with Gasteiger partial charge in [0.25, 0.3) is 0 Å². The fourth-order valence-electron chi connectivity index (χ4n) is 3.83. The van der Waals surface area contributed by atoms with Gasteiger partial charge in [-0.3, -0.25) is 14.8 Å². The molecular formula is C23H26N8O5S2. The maximum Gasteiger partial charge on any atom is 0.347 e. The predicted octanol–water partition coefficient (Wildman–Crippen LogP) is 2.14. The summed E-state index contributed by atoms with van der Waals surface area (Å²) in [6.45, 7) is 3.21. The van der Waals surface area contributed by atoms with E-state index in [1.807, 2.05) is 17.0 Å². The quantitative estimate of drug-likeness (QED) is 0.246. The van der Waals surface area contributed by atoms with Crippen LogP contribution >= 0.6 is 11.3 Å². The SMILES string of the molecule is Cc1nc(Nc2nc(NCc3ccc(NS(=O)(=O)C4CC4)cc3)cc(N3CCNC(=O)C3)n2)sc1C(=O)O. The molecule has 2 aromatic heterocycles. The van der Waals surface area contributed by atoms with Crippen LogP contribution in [0.5, 0.6) is 0 Å². The second kappa shape index (κ2) is 10.4. The zero-order valence-corrected chi connectivity index (χ0v) is 22.0. The number of aryl methyl sites for hydroxylation is 1. The first-order valence-corrected chi connectivity index (χ1v) is 14.3. The Bertz CT molecular complexity index is 1470. The highest BCUT2D eigenvalue weighted by Gasteiger charge is 2.35. The van der Waals surface area contributed by atoms with Crippen molar-refractivity contribution in [3.05, 3.63) is 46.5 Å². The van der Waals surface area contributed by atoms with Crippen LogP contribution in [0.15, 0.2) is 30.3 Å². The van der Waals surface area contributed by atoms with Gasteiger partial charge in [-0.05, 0) is 37.5 Å². The van der Waals surface area contributed by atoms with E-state index < -0.39 is 16.0 Å². The number of carbonyl (C=O) groups is 2. The van der Waals surface area contributed by atoms with Crippen LogP contribution < -0.4 is 25.6 Å². The van der Waals surface area contributed by atoms with Crippen LogP contribution in [0.1, 0.15) is 33.8 Å². The van der Waals surface area contributed by atoms with Crippen molar-refractivity contribution in [3.63, 3.8) is 0 Å². The number of thiazole rings is 1. The number of nitrogens with zero attached hydrogens (tertiary/aromatic N) is 4. The lowest BCUT2D eigenvalue weighted by Gasteiger charge is -2.28. The fraction of sp³-hybridized carbons (Fsp3) is 0.348. The lowest BCUT2D eigenvalue weighted by atomic mass is 10.2. The van der Waals surface area contributed by atoms with E-state index in [1.54, 1.807) is 25.1 Å². The van der Waals surface area contributed by atoms with E-state index in [4.69, 9.17) is 0 Å². The number of aromatic carboxylic acids is 1. The molecule has 0 atom stereocenters. The third-order valence-corrected chi connectivity index (χ3v) is 8.87. The van der Waals surface area contributed by atoms with Gasteiger partial charge in [0.1, 0.15) is 16.5 Å². The van der Waals surface area contributed by atoms with Crippen LogP contribution in [0.25, 0.3) is 0 Å². The van der Waals surface area contributed by atoms with Crippen LogP contribution in [-0.4, -0.2) is 65.2 Å². The largest absolute Gasteiger partial charge is 0.477 e. The number of amides is 1. The molecule has 15 heteroatoms. The van der Waals surface area contributed by atoms with E-state index in [1.165, 1.54) is 0 Å². The Morgan fingerprint density at radius 2 is 1.97 bits per heavy atom. The number of rotatable bonds is 10. The molecule has 0 radical (unpaired) electrons. The van der Waals surface area contributed by atoms with Gasteiger partial charge in [-0.2, -0.15) is 9.97 Å². The van der Waals surface area contributed by atoms with Crippen molar-refractivity contribution < 1.29 is 23.1 Å². The van der Waals surface area contributed by atoms with Gasteiger partial charge < -0.3 is 20.6 Å². The number of carboxylic acids is 1. The van der Waals surface area contributed by atoms with E-state index in [-0.39, 0.29) is 28.5 Å². The van der Waals surface area contributed by atoms with Crippen LogP contribution in [-0.2, 0) is 21.4 Å². The van der Waals surface area contributed by atoms with Gasteiger partial charge in [0.15, 0.2) is 5.13 Å². The summed E-state index contributed by atoms with van der Waals surface area (Å²) < 4.78 is 26.9. The average molecular weight is 559 g/mol. The van der Waals surface area contributed by atoms with Gasteiger partial charge in [0.2, 0.25) is 21.9 Å². The van der Waals surface area contributed by atoms with Gasteiger partial charge in [-0.15, -0.1) is 0 Å². The number of aromatic nitrogens is 3. The predicted molar refractivity (Wildman–Crippen MR) is 144 cm³/mol. The number of carboxylic acid groups (broad SMARTS) is 1. The monoisotopic (exact) mass is 558 g/mol. The van der Waals surface area contributed by atoms with Crippen molar-refractivity contribution in [2.24, 2.45) is 0 Å². The molecule has 3 aromatic rings. The van der Waals surface area contributed by atoms with E-state index in [2.05, 4.69) is 35.6 Å². The number of piperazine rings is 1. The highest BCUT2D eigenvalue weighted by atomic mass is 32.2. The highest BCUT2D eigenvalue weighted by Crippen LogP contribution is 2.30. The molecular weight excluding hydrogens is 532 g/mol. The second-order valence-corrected chi connectivity index (χ2v) is 11.9. The van der Waals surface area contributed by atoms with Gasteiger partial charge >= 0.3 is 5.97 Å². The van der Waals surface area contributed by atoms with E-state index in [0.29, 0.717) is 60.6 Å². The molecule has 5 N–H and O–H groups in total. The van der Waals surface area contributed by atoms with Crippen molar-refractivity contribution in [3.8, 4) is 0 Å². The highest BCUT2D eigenvalue weighted by molar-refractivity contribution is 7.93. The molecule has 5 rings (SSSR count). The molecule has 0 unspecified atom stereocenters. The number of benzene rings is 1. The first-order valence-electron chi connectivity index (χ1n) is 11.9. The molecule has 0 spiro atoms. The first kappa shape index (κ1) is 25.7. The Balaban J connectivity index is 1.33. The molecule has 1 aliphatic carbocycles. The summed E-state index contributed by atoms with van der Waals surface area (Å²) in [7, 11) is -3.32. The molecule has 13 nitrogen and oxygen atoms in total. The minimum Gasteiger partial charge on any atom is -0.477 e. The molecule has 38 heavy (non-hydrogen) atoms. The summed E-state index contributed by atoms with van der Waals surface area (Å²) >= 11 is 0.982. The lowest BCUT2D eigenvalue weighted by Crippen LogP contribution is -2.48. The van der Waals surface area contributed by atoms with Gasteiger partial charge in [-0.1, -0.05) is 23.5 Å². The molecule has 1 saturated carbocycles. The van der Waals surface area contributed by atoms with E-state index in [0.717, 1.165) is 16.9 Å². The smallest absolute Gasteiger partial charge is 0.347 e. The van der Waals surface area contributed by atoms with Crippen molar-refractivity contribution in [2.75, 3.05) is 39.9 Å². The summed E-state index contributed by atoms with van der Waals surface area (Å²) in [5.74, 6) is 0.0327. The fourth-order valence-corrected chi connectivity index (χ4v) is 6.02. The van der Waals surface area contributed by atoms with Gasteiger partial charge in [-0.25, -0.2) is 18.2 Å². The molecule has 2 aliphatic rings. The Morgan fingerprint density at radius 3 is 2.63 bits per heavy atom. The Kier molecular flexibility index (Phi) is 7.03. The van der Waals surface area contributed by atoms with Crippen molar-refractivity contribution >= 4 is 61.6 Å².